The first-order valence-corrected chi connectivity index (χ1v) is 11.2. The molecule has 3 N–H and O–H groups in total. The van der Waals surface area contributed by atoms with E-state index in [9.17, 15) is 15.3 Å². The van der Waals surface area contributed by atoms with Crippen LogP contribution in [0.2, 0.25) is 5.02 Å². The summed E-state index contributed by atoms with van der Waals surface area (Å²) in [7, 11) is 0. The molecule has 2 aliphatic rings. The van der Waals surface area contributed by atoms with Crippen molar-refractivity contribution in [1.82, 2.24) is 0 Å². The van der Waals surface area contributed by atoms with E-state index in [1.807, 2.05) is 18.2 Å². The van der Waals surface area contributed by atoms with E-state index in [4.69, 9.17) is 21.1 Å². The fourth-order valence-corrected chi connectivity index (χ4v) is 5.64. The van der Waals surface area contributed by atoms with E-state index in [0.717, 1.165) is 5.56 Å². The average Bonchev–Trinajstić information content (AvgIpc) is 3.32. The highest BCUT2D eigenvalue weighted by Crippen LogP contribution is 2.45. The molecule has 6 nitrogen and oxygen atoms in total. The number of nitrogens with zero attached hydrogens (tertiary/aromatic N) is 1. The number of aliphatic hydroxyl groups excluding tert-OH is 3. The molecule has 0 saturated carbocycles. The van der Waals surface area contributed by atoms with Crippen molar-refractivity contribution in [2.75, 3.05) is 6.61 Å². The Hall–Kier alpha value is -2.00. The smallest absolute Gasteiger partial charge is 0.228 e. The molecule has 0 bridgehead atoms. The molecular weight excluding hydrogens is 438 g/mol. The highest BCUT2D eigenvalue weighted by molar-refractivity contribution is 7.19. The number of benzene rings is 2. The number of rotatable bonds is 4. The molecule has 3 aromatic rings. The molecule has 5 rings (SSSR count). The molecule has 1 saturated heterocycles. The average molecular weight is 460 g/mol. The van der Waals surface area contributed by atoms with E-state index in [0.29, 0.717) is 22.9 Å². The lowest BCUT2D eigenvalue weighted by Gasteiger charge is -2.44. The third-order valence-electron chi connectivity index (χ3n) is 5.86. The summed E-state index contributed by atoms with van der Waals surface area (Å²) in [5, 5.41) is 32.5. The molecule has 1 aromatic heterocycles. The summed E-state index contributed by atoms with van der Waals surface area (Å²) in [6.07, 6.45) is -3.84. The fourth-order valence-electron chi connectivity index (χ4n) is 4.37. The summed E-state index contributed by atoms with van der Waals surface area (Å²) in [4.78, 5) is 5.73. The van der Waals surface area contributed by atoms with E-state index in [1.165, 1.54) is 15.0 Å². The van der Waals surface area contributed by atoms with Crippen molar-refractivity contribution in [1.29, 1.82) is 0 Å². The summed E-state index contributed by atoms with van der Waals surface area (Å²) >= 11 is 8.25. The zero-order valence-electron chi connectivity index (χ0n) is 16.7. The molecule has 31 heavy (non-hydrogen) atoms. The van der Waals surface area contributed by atoms with Gasteiger partial charge in [-0.3, -0.25) is 0 Å². The second-order valence-corrected chi connectivity index (χ2v) is 9.49. The highest BCUT2D eigenvalue weighted by atomic mass is 35.5. The maximum absolute atomic E-state index is 10.7. The summed E-state index contributed by atoms with van der Waals surface area (Å²) < 4.78 is 13.0. The Kier molecular flexibility index (Phi) is 5.29. The summed E-state index contributed by atoms with van der Waals surface area (Å²) in [6, 6.07) is 15.8. The van der Waals surface area contributed by atoms with Crippen LogP contribution in [0.25, 0.3) is 10.1 Å². The van der Waals surface area contributed by atoms with Crippen LogP contribution in [0.5, 0.6) is 0 Å². The predicted molar refractivity (Wildman–Crippen MR) is 120 cm³/mol. The number of thiophene rings is 1. The molecular formula is C23H22ClNO5S. The topological polar surface area (TPSA) is 91.5 Å². The first kappa shape index (κ1) is 20.9. The van der Waals surface area contributed by atoms with Gasteiger partial charge in [-0.2, -0.15) is 0 Å². The van der Waals surface area contributed by atoms with Gasteiger partial charge in [0.1, 0.15) is 18.3 Å². The van der Waals surface area contributed by atoms with Gasteiger partial charge in [0.25, 0.3) is 0 Å². The summed E-state index contributed by atoms with van der Waals surface area (Å²) in [6.45, 7) is 1.22. The van der Waals surface area contributed by atoms with Crippen molar-refractivity contribution in [2.24, 2.45) is 4.99 Å². The Bertz CT molecular complexity index is 1130. The quantitative estimate of drug-likeness (QED) is 0.557. The van der Waals surface area contributed by atoms with Crippen LogP contribution < -0.4 is 0 Å². The Morgan fingerprint density at radius 1 is 1.13 bits per heavy atom. The van der Waals surface area contributed by atoms with Gasteiger partial charge in [-0.05, 0) is 35.2 Å². The van der Waals surface area contributed by atoms with E-state index in [2.05, 4.69) is 23.2 Å². The van der Waals surface area contributed by atoms with Crippen LogP contribution in [0.15, 0.2) is 53.5 Å². The van der Waals surface area contributed by atoms with Gasteiger partial charge in [0.2, 0.25) is 5.72 Å². The molecule has 2 unspecified atom stereocenters. The fraction of sp³-hybridized carbons (Fsp3) is 0.348. The Balaban J connectivity index is 1.55. The lowest BCUT2D eigenvalue weighted by Crippen LogP contribution is -2.61. The normalized spacial score (nSPS) is 30.2. The minimum atomic E-state index is -1.37. The molecule has 0 aliphatic carbocycles. The van der Waals surface area contributed by atoms with Gasteiger partial charge in [0.05, 0.1) is 6.61 Å². The molecule has 0 radical (unpaired) electrons. The molecule has 5 atom stereocenters. The van der Waals surface area contributed by atoms with Crippen molar-refractivity contribution < 1.29 is 24.8 Å². The molecule has 162 valence electrons. The number of aliphatic imine (C=N–C) groups is 1. The summed E-state index contributed by atoms with van der Waals surface area (Å²) in [5.41, 5.74) is 0.179. The minimum absolute atomic E-state index is 0.343. The van der Waals surface area contributed by atoms with Crippen LogP contribution in [-0.4, -0.2) is 52.2 Å². The van der Waals surface area contributed by atoms with Gasteiger partial charge in [0.15, 0.2) is 12.0 Å². The standard InChI is InChI=1S/C23H22ClNO5S/c1-12-25-23(22(29-12)21(28)20(27)18(11-26)30-23)15-6-7-17(24)14(8-15)10-16-9-13-4-2-3-5-19(13)31-16/h2-9,18,20-22,26-28H,10-11H2,1H3/t18-,20-,21+,22?,23?/m1/s1. The van der Waals surface area contributed by atoms with Crippen molar-refractivity contribution in [3.8, 4) is 0 Å². The van der Waals surface area contributed by atoms with Gasteiger partial charge in [-0.25, -0.2) is 4.99 Å². The second kappa shape index (κ2) is 7.85. The van der Waals surface area contributed by atoms with Gasteiger partial charge >= 0.3 is 0 Å². The van der Waals surface area contributed by atoms with Crippen LogP contribution in [0.4, 0.5) is 0 Å². The first-order valence-electron chi connectivity index (χ1n) is 10.1. The monoisotopic (exact) mass is 459 g/mol. The van der Waals surface area contributed by atoms with E-state index >= 15 is 0 Å². The second-order valence-electron chi connectivity index (χ2n) is 7.92. The van der Waals surface area contributed by atoms with Crippen molar-refractivity contribution in [2.45, 2.75) is 43.5 Å². The van der Waals surface area contributed by atoms with Crippen molar-refractivity contribution >= 4 is 38.9 Å². The number of halogens is 1. The molecule has 8 heteroatoms. The molecule has 0 amide bonds. The summed E-state index contributed by atoms with van der Waals surface area (Å²) in [5.74, 6) is 0.343. The molecule has 1 fully saturated rings. The van der Waals surface area contributed by atoms with Gasteiger partial charge in [0, 0.05) is 33.5 Å². The van der Waals surface area contributed by atoms with E-state index in [-0.39, 0.29) is 0 Å². The number of aliphatic hydroxyl groups is 3. The third kappa shape index (κ3) is 3.46. The third-order valence-corrected chi connectivity index (χ3v) is 7.34. The molecule has 2 aliphatic heterocycles. The minimum Gasteiger partial charge on any atom is -0.469 e. The lowest BCUT2D eigenvalue weighted by molar-refractivity contribution is -0.262. The number of hydrogen-bond acceptors (Lipinski definition) is 7. The van der Waals surface area contributed by atoms with Crippen molar-refractivity contribution in [3.63, 3.8) is 0 Å². The zero-order valence-corrected chi connectivity index (χ0v) is 18.3. The van der Waals surface area contributed by atoms with Crippen molar-refractivity contribution in [3.05, 3.63) is 69.6 Å². The maximum atomic E-state index is 10.7. The maximum Gasteiger partial charge on any atom is 0.228 e. The Morgan fingerprint density at radius 3 is 2.71 bits per heavy atom. The van der Waals surface area contributed by atoms with Crippen LogP contribution in [-0.2, 0) is 21.6 Å². The molecule has 3 heterocycles. The van der Waals surface area contributed by atoms with Gasteiger partial charge in [-0.15, -0.1) is 11.3 Å². The van der Waals surface area contributed by atoms with Gasteiger partial charge in [-0.1, -0.05) is 35.9 Å². The number of fused-ring (bicyclic) bond motifs is 2. The van der Waals surface area contributed by atoms with Crippen LogP contribution in [0.1, 0.15) is 22.9 Å². The van der Waals surface area contributed by atoms with Crippen LogP contribution >= 0.6 is 22.9 Å². The predicted octanol–water partition coefficient (Wildman–Crippen LogP) is 3.23. The number of ether oxygens (including phenoxy) is 2. The van der Waals surface area contributed by atoms with Gasteiger partial charge < -0.3 is 24.8 Å². The molecule has 0 spiro atoms. The Morgan fingerprint density at radius 2 is 1.94 bits per heavy atom. The van der Waals surface area contributed by atoms with Crippen LogP contribution in [0, 0.1) is 0 Å². The Labute approximate surface area is 188 Å². The first-order chi connectivity index (χ1) is 14.9. The number of hydrogen-bond donors (Lipinski definition) is 3. The molecule has 2 aromatic carbocycles. The van der Waals surface area contributed by atoms with E-state index in [1.54, 1.807) is 30.4 Å². The van der Waals surface area contributed by atoms with E-state index < -0.39 is 36.7 Å². The largest absolute Gasteiger partial charge is 0.469 e. The zero-order chi connectivity index (χ0) is 21.8. The highest BCUT2D eigenvalue weighted by Gasteiger charge is 2.59. The van der Waals surface area contributed by atoms with Crippen LogP contribution in [0.3, 0.4) is 0 Å². The SMILES string of the molecule is CC1=NC2(c3ccc(Cl)c(Cc4cc5ccccc5s4)c3)O[C@H](CO)[C@@H](O)[C@H](O)C2O1. The lowest BCUT2D eigenvalue weighted by atomic mass is 9.86.